The summed E-state index contributed by atoms with van der Waals surface area (Å²) in [6, 6.07) is 0.517. The topological polar surface area (TPSA) is 61.6 Å². The molecule has 2 fully saturated rings. The number of piperazine rings is 1. The van der Waals surface area contributed by atoms with Gasteiger partial charge in [0.15, 0.2) is 0 Å². The molecule has 16 heavy (non-hydrogen) atoms. The molecule has 0 aromatic heterocycles. The van der Waals surface area contributed by atoms with E-state index < -0.39 is 0 Å². The fourth-order valence-corrected chi connectivity index (χ4v) is 2.53. The fraction of sp³-hybridized carbons (Fsp3) is 0.909. The number of nitrogens with zero attached hydrogens (tertiary/aromatic N) is 2. The van der Waals surface area contributed by atoms with Crippen LogP contribution in [0.3, 0.4) is 0 Å². The van der Waals surface area contributed by atoms with Crippen LogP contribution in [-0.4, -0.2) is 61.1 Å². The normalized spacial score (nSPS) is 25.7. The van der Waals surface area contributed by atoms with Crippen LogP contribution in [0.1, 0.15) is 19.3 Å². The SMILES string of the molecule is NCCCCCN1CCN2C(=O)NCC2C1. The number of nitrogens with two attached hydrogens (primary N) is 1. The number of amides is 2. The molecular weight excluding hydrogens is 204 g/mol. The van der Waals surface area contributed by atoms with Crippen LogP contribution in [-0.2, 0) is 0 Å². The summed E-state index contributed by atoms with van der Waals surface area (Å²) in [6.07, 6.45) is 3.58. The molecule has 2 heterocycles. The maximum absolute atomic E-state index is 11.4. The van der Waals surface area contributed by atoms with Crippen molar-refractivity contribution < 1.29 is 4.79 Å². The minimum absolute atomic E-state index is 0.118. The van der Waals surface area contributed by atoms with E-state index in [-0.39, 0.29) is 6.03 Å². The molecule has 2 aliphatic rings. The molecule has 0 bridgehead atoms. The lowest BCUT2D eigenvalue weighted by molar-refractivity contribution is 0.120. The smallest absolute Gasteiger partial charge is 0.317 e. The van der Waals surface area contributed by atoms with Crippen LogP contribution < -0.4 is 11.1 Å². The maximum Gasteiger partial charge on any atom is 0.317 e. The van der Waals surface area contributed by atoms with Gasteiger partial charge in [0.2, 0.25) is 0 Å². The molecule has 0 saturated carbocycles. The van der Waals surface area contributed by atoms with Gasteiger partial charge in [-0.15, -0.1) is 0 Å². The highest BCUT2D eigenvalue weighted by Gasteiger charge is 2.34. The summed E-state index contributed by atoms with van der Waals surface area (Å²) < 4.78 is 0. The van der Waals surface area contributed by atoms with Crippen LogP contribution in [0.15, 0.2) is 0 Å². The minimum atomic E-state index is 0.118. The summed E-state index contributed by atoms with van der Waals surface area (Å²) in [7, 11) is 0. The van der Waals surface area contributed by atoms with Gasteiger partial charge in [0.25, 0.3) is 0 Å². The lowest BCUT2D eigenvalue weighted by Gasteiger charge is -2.36. The van der Waals surface area contributed by atoms with Gasteiger partial charge < -0.3 is 16.0 Å². The molecular formula is C11H22N4O. The molecule has 2 amide bonds. The molecule has 0 radical (unpaired) electrons. The Kier molecular flexibility index (Phi) is 4.01. The third-order valence-corrected chi connectivity index (χ3v) is 3.50. The van der Waals surface area contributed by atoms with Crippen molar-refractivity contribution in [1.29, 1.82) is 0 Å². The lowest BCUT2D eigenvalue weighted by atomic mass is 10.1. The van der Waals surface area contributed by atoms with E-state index in [0.717, 1.165) is 45.7 Å². The van der Waals surface area contributed by atoms with E-state index in [1.165, 1.54) is 12.8 Å². The van der Waals surface area contributed by atoms with E-state index in [4.69, 9.17) is 5.73 Å². The second kappa shape index (κ2) is 5.50. The van der Waals surface area contributed by atoms with Crippen molar-refractivity contribution in [2.24, 2.45) is 5.73 Å². The van der Waals surface area contributed by atoms with Gasteiger partial charge in [0.1, 0.15) is 0 Å². The molecule has 0 aromatic rings. The summed E-state index contributed by atoms with van der Waals surface area (Å²) in [6.45, 7) is 5.70. The van der Waals surface area contributed by atoms with E-state index in [1.807, 2.05) is 4.90 Å². The first-order chi connectivity index (χ1) is 7.81. The Labute approximate surface area is 96.9 Å². The first-order valence-corrected chi connectivity index (χ1v) is 6.28. The van der Waals surface area contributed by atoms with Crippen molar-refractivity contribution in [3.8, 4) is 0 Å². The zero-order valence-electron chi connectivity index (χ0n) is 9.82. The van der Waals surface area contributed by atoms with Crippen LogP contribution >= 0.6 is 0 Å². The van der Waals surface area contributed by atoms with Crippen molar-refractivity contribution in [1.82, 2.24) is 15.1 Å². The molecule has 1 atom stereocenters. The molecule has 2 aliphatic heterocycles. The number of carbonyl (C=O) groups excluding carboxylic acids is 1. The van der Waals surface area contributed by atoms with Crippen molar-refractivity contribution in [3.63, 3.8) is 0 Å². The third-order valence-electron chi connectivity index (χ3n) is 3.50. The minimum Gasteiger partial charge on any atom is -0.336 e. The zero-order chi connectivity index (χ0) is 11.4. The van der Waals surface area contributed by atoms with E-state index >= 15 is 0 Å². The molecule has 0 aliphatic carbocycles. The highest BCUT2D eigenvalue weighted by molar-refractivity contribution is 5.77. The molecule has 92 valence electrons. The number of hydrogen-bond donors (Lipinski definition) is 2. The van der Waals surface area contributed by atoms with Crippen molar-refractivity contribution >= 4 is 6.03 Å². The summed E-state index contributed by atoms with van der Waals surface area (Å²) >= 11 is 0. The molecule has 2 saturated heterocycles. The second-order valence-electron chi connectivity index (χ2n) is 4.68. The summed E-state index contributed by atoms with van der Waals surface area (Å²) in [4.78, 5) is 15.8. The van der Waals surface area contributed by atoms with Crippen LogP contribution in [0, 0.1) is 0 Å². The van der Waals surface area contributed by atoms with Crippen LogP contribution in [0.5, 0.6) is 0 Å². The average molecular weight is 226 g/mol. The maximum atomic E-state index is 11.4. The third kappa shape index (κ3) is 2.65. The molecule has 0 aromatic carbocycles. The molecule has 1 unspecified atom stereocenters. The van der Waals surface area contributed by atoms with Gasteiger partial charge >= 0.3 is 6.03 Å². The largest absolute Gasteiger partial charge is 0.336 e. The van der Waals surface area contributed by atoms with Crippen LogP contribution in [0.2, 0.25) is 0 Å². The number of unbranched alkanes of at least 4 members (excludes halogenated alkanes) is 2. The monoisotopic (exact) mass is 226 g/mol. The van der Waals surface area contributed by atoms with Crippen molar-refractivity contribution in [3.05, 3.63) is 0 Å². The van der Waals surface area contributed by atoms with Gasteiger partial charge in [-0.05, 0) is 25.9 Å². The van der Waals surface area contributed by atoms with Gasteiger partial charge in [0.05, 0.1) is 6.04 Å². The fourth-order valence-electron chi connectivity index (χ4n) is 2.53. The number of hydrogen-bond acceptors (Lipinski definition) is 3. The van der Waals surface area contributed by atoms with Crippen LogP contribution in [0.4, 0.5) is 4.79 Å². The Morgan fingerprint density at radius 1 is 1.31 bits per heavy atom. The van der Waals surface area contributed by atoms with Gasteiger partial charge in [-0.1, -0.05) is 6.42 Å². The van der Waals surface area contributed by atoms with Crippen LogP contribution in [0.25, 0.3) is 0 Å². The highest BCUT2D eigenvalue weighted by atomic mass is 16.2. The van der Waals surface area contributed by atoms with Gasteiger partial charge in [-0.2, -0.15) is 0 Å². The number of nitrogens with one attached hydrogen (secondary N) is 1. The Morgan fingerprint density at radius 3 is 3.00 bits per heavy atom. The van der Waals surface area contributed by atoms with Gasteiger partial charge in [0, 0.05) is 26.2 Å². The molecule has 3 N–H and O–H groups in total. The second-order valence-corrected chi connectivity index (χ2v) is 4.68. The first-order valence-electron chi connectivity index (χ1n) is 6.28. The number of rotatable bonds is 5. The Bertz CT molecular complexity index is 246. The highest BCUT2D eigenvalue weighted by Crippen LogP contribution is 2.14. The summed E-state index contributed by atoms with van der Waals surface area (Å²) in [5.41, 5.74) is 5.47. The number of fused-ring (bicyclic) bond motifs is 1. The van der Waals surface area contributed by atoms with Crippen molar-refractivity contribution in [2.75, 3.05) is 39.3 Å². The molecule has 5 heteroatoms. The average Bonchev–Trinajstić information content (AvgIpc) is 2.66. The van der Waals surface area contributed by atoms with E-state index in [1.54, 1.807) is 0 Å². The van der Waals surface area contributed by atoms with Gasteiger partial charge in [-0.3, -0.25) is 4.90 Å². The Hall–Kier alpha value is -0.810. The Morgan fingerprint density at radius 2 is 2.19 bits per heavy atom. The zero-order valence-corrected chi connectivity index (χ0v) is 9.82. The molecule has 5 nitrogen and oxygen atoms in total. The predicted octanol–water partition coefficient (Wildman–Crippen LogP) is -0.175. The molecule has 0 spiro atoms. The summed E-state index contributed by atoms with van der Waals surface area (Å²) in [5.74, 6) is 0. The van der Waals surface area contributed by atoms with E-state index in [2.05, 4.69) is 10.2 Å². The van der Waals surface area contributed by atoms with Crippen molar-refractivity contribution in [2.45, 2.75) is 25.3 Å². The molecule has 2 rings (SSSR count). The van der Waals surface area contributed by atoms with E-state index in [0.29, 0.717) is 6.04 Å². The lowest BCUT2D eigenvalue weighted by Crippen LogP contribution is -2.52. The first kappa shape index (κ1) is 11.7. The Balaban J connectivity index is 1.68. The predicted molar refractivity (Wildman–Crippen MR) is 63.2 cm³/mol. The number of urea groups is 1. The number of carbonyl (C=O) groups is 1. The quantitative estimate of drug-likeness (QED) is 0.640. The summed E-state index contributed by atoms with van der Waals surface area (Å²) in [5, 5.41) is 2.90. The standard InChI is InChI=1S/C11H22N4O/c12-4-2-1-3-5-14-6-7-15-10(9-14)8-13-11(15)16/h10H,1-9,12H2,(H,13,16). The van der Waals surface area contributed by atoms with E-state index in [9.17, 15) is 4.79 Å². The van der Waals surface area contributed by atoms with Gasteiger partial charge in [-0.25, -0.2) is 4.79 Å².